The fourth-order valence-electron chi connectivity index (χ4n) is 5.68. The average Bonchev–Trinajstić information content (AvgIpc) is 3.31. The molecular formula is C29H32ClN7O3. The third-order valence-corrected chi connectivity index (χ3v) is 7.62. The number of nitrogens with zero attached hydrogens (tertiary/aromatic N) is 5. The summed E-state index contributed by atoms with van der Waals surface area (Å²) in [5.41, 5.74) is 5.55. The summed E-state index contributed by atoms with van der Waals surface area (Å²) in [7, 11) is 2.06. The molecule has 11 heteroatoms. The third-order valence-electron chi connectivity index (χ3n) is 7.42. The Bertz CT molecular complexity index is 1660. The molecule has 2 aliphatic rings. The van der Waals surface area contributed by atoms with Crippen LogP contribution in [-0.4, -0.2) is 56.5 Å². The summed E-state index contributed by atoms with van der Waals surface area (Å²) in [4.78, 5) is 36.2. The first-order valence-corrected chi connectivity index (χ1v) is 13.8. The van der Waals surface area contributed by atoms with E-state index in [2.05, 4.69) is 38.0 Å². The van der Waals surface area contributed by atoms with Gasteiger partial charge in [0.25, 0.3) is 5.56 Å². The van der Waals surface area contributed by atoms with Crippen molar-refractivity contribution in [1.29, 1.82) is 0 Å². The van der Waals surface area contributed by atoms with Gasteiger partial charge in [0.05, 0.1) is 52.4 Å². The van der Waals surface area contributed by atoms with Crippen LogP contribution in [0.4, 0.5) is 21.9 Å². The van der Waals surface area contributed by atoms with Crippen LogP contribution in [0.2, 0.25) is 5.15 Å². The number of carbonyl (C=O) groups excluding carboxylic acids is 1. The van der Waals surface area contributed by atoms with Crippen molar-refractivity contribution < 1.29 is 9.53 Å². The van der Waals surface area contributed by atoms with Crippen molar-refractivity contribution in [2.24, 2.45) is 0 Å². The summed E-state index contributed by atoms with van der Waals surface area (Å²) in [6.07, 6.45) is 4.88. The number of nitrogens with one attached hydrogen (secondary N) is 2. The molecule has 1 fully saturated rings. The predicted molar refractivity (Wildman–Crippen MR) is 157 cm³/mol. The molecule has 40 heavy (non-hydrogen) atoms. The van der Waals surface area contributed by atoms with Gasteiger partial charge in [-0.2, -0.15) is 5.10 Å². The molecular weight excluding hydrogens is 530 g/mol. The van der Waals surface area contributed by atoms with E-state index in [1.807, 2.05) is 39.1 Å². The van der Waals surface area contributed by atoms with Crippen LogP contribution in [0.15, 0.2) is 47.5 Å². The van der Waals surface area contributed by atoms with Gasteiger partial charge >= 0.3 is 6.09 Å². The van der Waals surface area contributed by atoms with E-state index in [1.54, 1.807) is 23.2 Å². The highest BCUT2D eigenvalue weighted by molar-refractivity contribution is 6.30. The number of rotatable bonds is 3. The van der Waals surface area contributed by atoms with Crippen molar-refractivity contribution in [2.75, 3.05) is 30.4 Å². The molecule has 10 nitrogen and oxygen atoms in total. The van der Waals surface area contributed by atoms with Crippen LogP contribution < -0.4 is 15.8 Å². The van der Waals surface area contributed by atoms with E-state index < -0.39 is 5.60 Å². The number of benzene rings is 1. The van der Waals surface area contributed by atoms with Gasteiger partial charge in [0.1, 0.15) is 10.8 Å². The Morgan fingerprint density at radius 1 is 1.15 bits per heavy atom. The van der Waals surface area contributed by atoms with Crippen LogP contribution in [0.5, 0.6) is 0 Å². The Morgan fingerprint density at radius 3 is 2.67 bits per heavy atom. The van der Waals surface area contributed by atoms with Gasteiger partial charge in [0.2, 0.25) is 0 Å². The number of halogens is 1. The molecule has 1 saturated heterocycles. The van der Waals surface area contributed by atoms with E-state index in [4.69, 9.17) is 21.4 Å². The number of hydrogen-bond donors (Lipinski definition) is 2. The number of amides is 1. The Kier molecular flexibility index (Phi) is 6.45. The number of aromatic amines is 1. The number of hydrogen-bond acceptors (Lipinski definition) is 7. The lowest BCUT2D eigenvalue weighted by Gasteiger charge is -2.35. The minimum atomic E-state index is -0.507. The molecule has 0 radical (unpaired) electrons. The minimum absolute atomic E-state index is 0.204. The maximum Gasteiger partial charge on any atom is 0.410 e. The summed E-state index contributed by atoms with van der Waals surface area (Å²) in [6, 6.07) is 9.70. The summed E-state index contributed by atoms with van der Waals surface area (Å²) in [5.74, 6) is 0. The number of fused-ring (bicyclic) bond motifs is 4. The predicted octanol–water partition coefficient (Wildman–Crippen LogP) is 5.71. The van der Waals surface area contributed by atoms with E-state index in [1.165, 1.54) is 0 Å². The molecule has 4 aromatic rings. The van der Waals surface area contributed by atoms with Gasteiger partial charge in [-0.3, -0.25) is 9.48 Å². The number of piperidine rings is 1. The SMILES string of the molecule is CN1Cc2c(cnn2C2CCN(C(=O)OC(C)(C)C)CC2)-c2cccc(Nc3cc(Cl)nc4cc[nH]c(=O)c34)c21. The van der Waals surface area contributed by atoms with Crippen LogP contribution in [-0.2, 0) is 11.3 Å². The molecule has 2 aliphatic heterocycles. The third kappa shape index (κ3) is 4.77. The summed E-state index contributed by atoms with van der Waals surface area (Å²) in [5, 5.41) is 9.04. The number of anilines is 3. The first-order valence-electron chi connectivity index (χ1n) is 13.4. The van der Waals surface area contributed by atoms with Crippen molar-refractivity contribution in [3.63, 3.8) is 0 Å². The van der Waals surface area contributed by atoms with Crippen molar-refractivity contribution in [3.8, 4) is 11.1 Å². The lowest BCUT2D eigenvalue weighted by molar-refractivity contribution is 0.0184. The van der Waals surface area contributed by atoms with E-state index in [0.29, 0.717) is 41.4 Å². The molecule has 208 valence electrons. The molecule has 3 aromatic heterocycles. The fourth-order valence-corrected chi connectivity index (χ4v) is 5.89. The first kappa shape index (κ1) is 26.2. The first-order chi connectivity index (χ1) is 19.1. The monoisotopic (exact) mass is 561 g/mol. The van der Waals surface area contributed by atoms with Crippen molar-refractivity contribution >= 4 is 45.7 Å². The highest BCUT2D eigenvalue weighted by Crippen LogP contribution is 2.45. The fraction of sp³-hybridized carbons (Fsp3) is 0.379. The molecule has 1 amide bonds. The van der Waals surface area contributed by atoms with Gasteiger partial charge in [-0.05, 0) is 51.8 Å². The second kappa shape index (κ2) is 9.85. The second-order valence-electron chi connectivity index (χ2n) is 11.4. The van der Waals surface area contributed by atoms with Crippen LogP contribution in [0.3, 0.4) is 0 Å². The van der Waals surface area contributed by atoms with E-state index >= 15 is 0 Å². The maximum absolute atomic E-state index is 12.7. The number of aromatic nitrogens is 4. The van der Waals surface area contributed by atoms with Crippen LogP contribution in [0.1, 0.15) is 45.3 Å². The van der Waals surface area contributed by atoms with Crippen molar-refractivity contribution in [3.05, 3.63) is 63.9 Å². The number of para-hydroxylation sites is 1. The smallest absolute Gasteiger partial charge is 0.410 e. The largest absolute Gasteiger partial charge is 0.444 e. The van der Waals surface area contributed by atoms with E-state index in [0.717, 1.165) is 41.0 Å². The molecule has 0 unspecified atom stereocenters. The Morgan fingerprint density at radius 2 is 1.93 bits per heavy atom. The zero-order valence-corrected chi connectivity index (χ0v) is 23.7. The van der Waals surface area contributed by atoms with Crippen LogP contribution >= 0.6 is 11.6 Å². The van der Waals surface area contributed by atoms with Crippen molar-refractivity contribution in [2.45, 2.75) is 51.8 Å². The normalized spacial score (nSPS) is 15.6. The molecule has 0 saturated carbocycles. The van der Waals surface area contributed by atoms with Crippen LogP contribution in [0, 0.1) is 0 Å². The number of likely N-dealkylation sites (tertiary alicyclic amines) is 1. The molecule has 5 heterocycles. The maximum atomic E-state index is 12.7. The van der Waals surface area contributed by atoms with Gasteiger partial charge < -0.3 is 24.8 Å². The number of H-pyrrole nitrogens is 1. The lowest BCUT2D eigenvalue weighted by atomic mass is 9.97. The Balaban J connectivity index is 1.29. The summed E-state index contributed by atoms with van der Waals surface area (Å²) >= 11 is 6.30. The quantitative estimate of drug-likeness (QED) is 0.309. The second-order valence-corrected chi connectivity index (χ2v) is 11.8. The molecule has 0 atom stereocenters. The molecule has 0 spiro atoms. The van der Waals surface area contributed by atoms with Crippen LogP contribution in [0.25, 0.3) is 22.0 Å². The highest BCUT2D eigenvalue weighted by atomic mass is 35.5. The van der Waals surface area contributed by atoms with Gasteiger partial charge in [0.15, 0.2) is 0 Å². The molecule has 0 aliphatic carbocycles. The molecule has 2 N–H and O–H groups in total. The average molecular weight is 562 g/mol. The topological polar surface area (TPSA) is 108 Å². The summed E-state index contributed by atoms with van der Waals surface area (Å²) in [6.45, 7) is 7.60. The summed E-state index contributed by atoms with van der Waals surface area (Å²) < 4.78 is 7.70. The molecule has 0 bridgehead atoms. The lowest BCUT2D eigenvalue weighted by Crippen LogP contribution is -2.42. The minimum Gasteiger partial charge on any atom is -0.444 e. The van der Waals surface area contributed by atoms with Gasteiger partial charge in [0, 0.05) is 37.5 Å². The Hall–Kier alpha value is -4.05. The Labute approximate surface area is 236 Å². The van der Waals surface area contributed by atoms with E-state index in [-0.39, 0.29) is 17.7 Å². The number of pyridine rings is 2. The highest BCUT2D eigenvalue weighted by Gasteiger charge is 2.32. The zero-order chi connectivity index (χ0) is 28.2. The molecule has 1 aromatic carbocycles. The van der Waals surface area contributed by atoms with Crippen molar-refractivity contribution in [1.82, 2.24) is 24.6 Å². The van der Waals surface area contributed by atoms with Gasteiger partial charge in [-0.25, -0.2) is 9.78 Å². The van der Waals surface area contributed by atoms with Gasteiger partial charge in [-0.1, -0.05) is 23.7 Å². The van der Waals surface area contributed by atoms with Gasteiger partial charge in [-0.15, -0.1) is 0 Å². The number of ether oxygens (including phenoxy) is 1. The standard InChI is InChI=1S/C29H32ClN7O3/c1-29(2,3)40-28(39)36-12-9-17(10-13-36)37-23-16-35(4)26-18(19(23)15-32-37)6-5-7-21(26)33-22-14-24(30)34-20-8-11-31-27(38)25(20)22/h5-8,11,14-15,17H,9-10,12-13,16H2,1-4H3,(H,31,38)(H,33,34). The number of carbonyl (C=O) groups is 1. The molecule has 6 rings (SSSR count). The van der Waals surface area contributed by atoms with E-state index in [9.17, 15) is 9.59 Å². The zero-order valence-electron chi connectivity index (χ0n) is 23.0.